The summed E-state index contributed by atoms with van der Waals surface area (Å²) in [5.41, 5.74) is 1.48. The second kappa shape index (κ2) is 16.9. The predicted molar refractivity (Wildman–Crippen MR) is 198 cm³/mol. The lowest BCUT2D eigenvalue weighted by Gasteiger charge is -2.43. The Balaban J connectivity index is 0.000000480. The van der Waals surface area contributed by atoms with Crippen LogP contribution in [0.2, 0.25) is 36.3 Å². The molecule has 0 aliphatic rings. The molecule has 0 amide bonds. The molecule has 0 bridgehead atoms. The summed E-state index contributed by atoms with van der Waals surface area (Å²) in [7, 11) is -4.10. The van der Waals surface area contributed by atoms with Gasteiger partial charge in [-0.25, -0.2) is 9.59 Å². The summed E-state index contributed by atoms with van der Waals surface area (Å²) >= 11 is 0. The average Bonchev–Trinajstić information content (AvgIpc) is 2.92. The van der Waals surface area contributed by atoms with Crippen molar-refractivity contribution in [3.63, 3.8) is 0 Å². The third-order valence-electron chi connectivity index (χ3n) is 8.56. The maximum Gasteiger partial charge on any atom is 0.344 e. The van der Waals surface area contributed by atoms with Crippen LogP contribution in [-0.4, -0.2) is 74.6 Å². The third-order valence-corrected chi connectivity index (χ3v) is 17.8. The number of nitrogens with zero attached hydrogens (tertiary/aromatic N) is 2. The highest BCUT2D eigenvalue weighted by molar-refractivity contribution is 6.74. The molecule has 0 aliphatic carbocycles. The standard InChI is InChI=1S/2C18H29NO4Si/c2*1-17(2,3)24(6,7)23-18(4,5)16(19-22-13-15(20)21)14-11-9-8-10-12-14/h2*8-12H,13H2,1-7H3,(H,20,21)/b2*19-16+. The molecule has 0 unspecified atom stereocenters. The van der Waals surface area contributed by atoms with Gasteiger partial charge >= 0.3 is 11.9 Å². The van der Waals surface area contributed by atoms with Crippen molar-refractivity contribution in [1.29, 1.82) is 0 Å². The lowest BCUT2D eigenvalue weighted by molar-refractivity contribution is -0.143. The van der Waals surface area contributed by atoms with Gasteiger partial charge in [0.2, 0.25) is 13.2 Å². The molecule has 0 fully saturated rings. The van der Waals surface area contributed by atoms with Gasteiger partial charge in [-0.1, -0.05) is 113 Å². The number of carbonyl (C=O) groups is 2. The number of carboxylic acid groups (broad SMARTS) is 2. The van der Waals surface area contributed by atoms with Crippen LogP contribution in [0.3, 0.4) is 0 Å². The molecule has 2 aromatic rings. The molecule has 0 aliphatic heterocycles. The lowest BCUT2D eigenvalue weighted by atomic mass is 9.96. The number of carboxylic acids is 2. The molecular formula is C36H58N2O8Si2. The number of hydrogen-bond acceptors (Lipinski definition) is 8. The fraction of sp³-hybridized carbons (Fsp3) is 0.556. The Morgan fingerprint density at radius 1 is 0.562 bits per heavy atom. The van der Waals surface area contributed by atoms with Crippen LogP contribution in [0.25, 0.3) is 0 Å². The van der Waals surface area contributed by atoms with E-state index in [0.717, 1.165) is 11.1 Å². The second-order valence-electron chi connectivity index (χ2n) is 15.7. The van der Waals surface area contributed by atoms with Crippen molar-refractivity contribution in [2.45, 2.75) is 117 Å². The molecule has 0 aromatic heterocycles. The quantitative estimate of drug-likeness (QED) is 0.114. The Labute approximate surface area is 289 Å². The smallest absolute Gasteiger partial charge is 0.344 e. The summed E-state index contributed by atoms with van der Waals surface area (Å²) in [6.07, 6.45) is 0. The average molecular weight is 703 g/mol. The van der Waals surface area contributed by atoms with Crippen molar-refractivity contribution < 1.29 is 38.3 Å². The topological polar surface area (TPSA) is 136 Å². The minimum Gasteiger partial charge on any atom is -0.479 e. The first-order valence-electron chi connectivity index (χ1n) is 16.1. The van der Waals surface area contributed by atoms with Gasteiger partial charge in [-0.05, 0) is 64.0 Å². The zero-order valence-corrected chi connectivity index (χ0v) is 33.4. The van der Waals surface area contributed by atoms with Crippen molar-refractivity contribution in [3.05, 3.63) is 71.8 Å². The Morgan fingerprint density at radius 3 is 1.06 bits per heavy atom. The molecule has 0 saturated carbocycles. The van der Waals surface area contributed by atoms with Gasteiger partial charge in [0, 0.05) is 11.1 Å². The van der Waals surface area contributed by atoms with Crippen LogP contribution < -0.4 is 0 Å². The van der Waals surface area contributed by atoms with E-state index in [2.05, 4.69) is 78.0 Å². The molecule has 10 nitrogen and oxygen atoms in total. The van der Waals surface area contributed by atoms with E-state index >= 15 is 0 Å². The number of rotatable bonds is 14. The number of hydrogen-bond donors (Lipinski definition) is 2. The SMILES string of the molecule is CC(C)(O[Si](C)(C)C(C)(C)C)/C(=N/OCC(=O)O)c1ccccc1.CC(C)(O[Si](C)(C)C(C)(C)C)/C(=N/OCC(=O)O)c1ccccc1. The molecule has 0 spiro atoms. The zero-order valence-electron chi connectivity index (χ0n) is 31.4. The molecule has 2 N–H and O–H groups in total. The van der Waals surface area contributed by atoms with Crippen molar-refractivity contribution >= 4 is 40.0 Å². The Kier molecular flexibility index (Phi) is 15.0. The van der Waals surface area contributed by atoms with Gasteiger partial charge in [0.25, 0.3) is 0 Å². The molecule has 0 heterocycles. The van der Waals surface area contributed by atoms with Crippen LogP contribution >= 0.6 is 0 Å². The first-order chi connectivity index (χ1) is 21.7. The first kappa shape index (κ1) is 42.7. The minimum atomic E-state index is -2.05. The van der Waals surface area contributed by atoms with Crippen molar-refractivity contribution in [1.82, 2.24) is 0 Å². The number of benzene rings is 2. The van der Waals surface area contributed by atoms with Crippen molar-refractivity contribution in [2.24, 2.45) is 10.3 Å². The van der Waals surface area contributed by atoms with E-state index in [4.69, 9.17) is 28.7 Å². The van der Waals surface area contributed by atoms with E-state index in [-0.39, 0.29) is 10.1 Å². The van der Waals surface area contributed by atoms with E-state index in [1.165, 1.54) is 0 Å². The summed E-state index contributed by atoms with van der Waals surface area (Å²) in [5.74, 6) is -2.12. The molecule has 2 aromatic carbocycles. The maximum atomic E-state index is 10.7. The molecule has 268 valence electrons. The summed E-state index contributed by atoms with van der Waals surface area (Å²) in [4.78, 5) is 31.5. The molecule has 0 radical (unpaired) electrons. The zero-order chi connectivity index (χ0) is 37.2. The fourth-order valence-electron chi connectivity index (χ4n) is 4.20. The van der Waals surface area contributed by atoms with Gasteiger partial charge in [0.05, 0.1) is 11.2 Å². The first-order valence-corrected chi connectivity index (χ1v) is 21.9. The number of aliphatic carboxylic acids is 2. The molecule has 2 rings (SSSR count). The highest BCUT2D eigenvalue weighted by atomic mass is 28.4. The monoisotopic (exact) mass is 702 g/mol. The highest BCUT2D eigenvalue weighted by Gasteiger charge is 2.45. The number of oxime groups is 2. The molecular weight excluding hydrogens is 645 g/mol. The van der Waals surface area contributed by atoms with Gasteiger partial charge in [0.15, 0.2) is 16.6 Å². The van der Waals surface area contributed by atoms with Crippen molar-refractivity contribution in [3.8, 4) is 0 Å². The molecule has 0 atom stereocenters. The van der Waals surface area contributed by atoms with Gasteiger partial charge in [-0.15, -0.1) is 0 Å². The minimum absolute atomic E-state index is 0.0496. The van der Waals surface area contributed by atoms with Crippen LogP contribution in [0.15, 0.2) is 71.0 Å². The predicted octanol–water partition coefficient (Wildman–Crippen LogP) is 8.58. The van der Waals surface area contributed by atoms with Crippen molar-refractivity contribution in [2.75, 3.05) is 13.2 Å². The van der Waals surface area contributed by atoms with Gasteiger partial charge < -0.3 is 28.7 Å². The largest absolute Gasteiger partial charge is 0.479 e. The Morgan fingerprint density at radius 2 is 0.833 bits per heavy atom. The third kappa shape index (κ3) is 13.3. The van der Waals surface area contributed by atoms with E-state index in [0.29, 0.717) is 11.4 Å². The molecule has 0 saturated heterocycles. The molecule has 48 heavy (non-hydrogen) atoms. The van der Waals surface area contributed by atoms with Crippen LogP contribution in [0.1, 0.15) is 80.4 Å². The van der Waals surface area contributed by atoms with E-state index in [1.54, 1.807) is 0 Å². The van der Waals surface area contributed by atoms with Crippen LogP contribution in [-0.2, 0) is 28.1 Å². The van der Waals surface area contributed by atoms with Crippen LogP contribution in [0.4, 0.5) is 0 Å². The highest BCUT2D eigenvalue weighted by Crippen LogP contribution is 2.41. The van der Waals surface area contributed by atoms with Gasteiger partial charge in [0.1, 0.15) is 11.4 Å². The van der Waals surface area contributed by atoms with Gasteiger partial charge in [-0.3, -0.25) is 0 Å². The normalized spacial score (nSPS) is 13.7. The van der Waals surface area contributed by atoms with E-state index in [9.17, 15) is 9.59 Å². The van der Waals surface area contributed by atoms with E-state index < -0.39 is 53.0 Å². The maximum absolute atomic E-state index is 10.7. The van der Waals surface area contributed by atoms with E-state index in [1.807, 2.05) is 88.4 Å². The Bertz CT molecular complexity index is 1290. The van der Waals surface area contributed by atoms with Crippen LogP contribution in [0.5, 0.6) is 0 Å². The lowest BCUT2D eigenvalue weighted by Crippen LogP contribution is -2.51. The summed E-state index contributed by atoms with van der Waals surface area (Å²) in [5, 5.41) is 25.9. The summed E-state index contributed by atoms with van der Waals surface area (Å²) in [6, 6.07) is 19.1. The summed E-state index contributed by atoms with van der Waals surface area (Å²) < 4.78 is 13.1. The molecule has 12 heteroatoms. The fourth-order valence-corrected chi connectivity index (χ4v) is 7.55. The Hall–Kier alpha value is -3.33. The van der Waals surface area contributed by atoms with Gasteiger partial charge in [-0.2, -0.15) is 0 Å². The second-order valence-corrected chi connectivity index (χ2v) is 25.1. The summed E-state index contributed by atoms with van der Waals surface area (Å²) in [6.45, 7) is 28.6. The van der Waals surface area contributed by atoms with Crippen LogP contribution in [0, 0.1) is 0 Å².